The number of hydrogen-bond acceptors (Lipinski definition) is 5. The van der Waals surface area contributed by atoms with Gasteiger partial charge in [-0.2, -0.15) is 5.10 Å². The molecule has 1 aliphatic heterocycles. The van der Waals surface area contributed by atoms with E-state index in [0.717, 1.165) is 42.5 Å². The van der Waals surface area contributed by atoms with Crippen LogP contribution in [0.3, 0.4) is 0 Å². The number of rotatable bonds is 3. The van der Waals surface area contributed by atoms with Crippen LogP contribution in [-0.4, -0.2) is 39.3 Å². The summed E-state index contributed by atoms with van der Waals surface area (Å²) in [4.78, 5) is 12.7. The van der Waals surface area contributed by atoms with Gasteiger partial charge in [-0.25, -0.2) is 18.8 Å². The maximum Gasteiger partial charge on any atom is 0.354 e. The van der Waals surface area contributed by atoms with Gasteiger partial charge in [-0.05, 0) is 54.9 Å². The molecule has 2 atom stereocenters. The Morgan fingerprint density at radius 2 is 2.03 bits per heavy atom. The van der Waals surface area contributed by atoms with Crippen molar-refractivity contribution >= 4 is 21.6 Å². The highest BCUT2D eigenvalue weighted by Gasteiger charge is 2.35. The zero-order valence-electron chi connectivity index (χ0n) is 16.4. The molecule has 1 aromatic heterocycles. The predicted octanol–water partition coefficient (Wildman–Crippen LogP) is 1.81. The third kappa shape index (κ3) is 2.93. The number of amides is 2. The first kappa shape index (κ1) is 18.6. The van der Waals surface area contributed by atoms with E-state index < -0.39 is 21.5 Å². The van der Waals surface area contributed by atoms with E-state index in [4.69, 9.17) is 14.6 Å². The van der Waals surface area contributed by atoms with Crippen LogP contribution in [0.25, 0.3) is 0 Å². The number of aryl methyl sites for hydroxylation is 2. The summed E-state index contributed by atoms with van der Waals surface area (Å²) in [6.07, 6.45) is 5.25. The third-order valence-corrected chi connectivity index (χ3v) is 7.38. The van der Waals surface area contributed by atoms with Crippen molar-refractivity contribution in [2.24, 2.45) is 9.50 Å². The number of hydrogen-bond donors (Lipinski definition) is 2. The lowest BCUT2D eigenvalue weighted by molar-refractivity contribution is -0.0654. The molecule has 9 nitrogen and oxygen atoms in total. The average molecular weight is 417 g/mol. The van der Waals surface area contributed by atoms with Crippen LogP contribution in [0.4, 0.5) is 10.5 Å². The lowest BCUT2D eigenvalue weighted by Gasteiger charge is -2.32. The fourth-order valence-corrected chi connectivity index (χ4v) is 5.05. The Morgan fingerprint density at radius 1 is 1.34 bits per heavy atom. The van der Waals surface area contributed by atoms with Crippen molar-refractivity contribution in [3.05, 3.63) is 34.5 Å². The van der Waals surface area contributed by atoms with E-state index in [1.165, 1.54) is 22.0 Å². The lowest BCUT2D eigenvalue weighted by Crippen LogP contribution is -2.43. The number of benzene rings is 1. The topological polar surface area (TPSA) is 121 Å². The van der Waals surface area contributed by atoms with Gasteiger partial charge in [-0.15, -0.1) is 4.36 Å². The molecule has 2 heterocycles. The number of aromatic nitrogens is 2. The van der Waals surface area contributed by atoms with Gasteiger partial charge in [-0.1, -0.05) is 6.07 Å². The van der Waals surface area contributed by atoms with Crippen LogP contribution in [0.2, 0.25) is 0 Å². The maximum absolute atomic E-state index is 13.1. The van der Waals surface area contributed by atoms with E-state index in [-0.39, 0.29) is 17.4 Å². The Labute approximate surface area is 168 Å². The molecular formula is C19H23N5O4S. The van der Waals surface area contributed by atoms with Crippen molar-refractivity contribution in [1.29, 1.82) is 0 Å². The standard InChI is InChI=1S/C19H23N5O4S/c1-19(27-2)9-24-17(28-10-19)15(8-21-24)29(20,26)23-18(25)22-16-13-5-3-11(13)7-12-4-6-14(12)16/h7-8H,3-6,9-10H2,1-2H3,(H3,20,22,23,25,26). The lowest BCUT2D eigenvalue weighted by atomic mass is 9.76. The Balaban J connectivity index is 1.43. The molecular weight excluding hydrogens is 394 g/mol. The number of nitrogens with two attached hydrogens (primary N) is 1. The van der Waals surface area contributed by atoms with Gasteiger partial charge in [0, 0.05) is 12.8 Å². The van der Waals surface area contributed by atoms with Crippen molar-refractivity contribution in [3.8, 4) is 5.88 Å². The van der Waals surface area contributed by atoms with Gasteiger partial charge in [-0.3, -0.25) is 0 Å². The first-order valence-corrected chi connectivity index (χ1v) is 11.1. The zero-order chi connectivity index (χ0) is 20.4. The molecule has 1 aromatic carbocycles. The number of methoxy groups -OCH3 is 1. The van der Waals surface area contributed by atoms with Crippen molar-refractivity contribution in [3.63, 3.8) is 0 Å². The predicted molar refractivity (Wildman–Crippen MR) is 106 cm³/mol. The maximum atomic E-state index is 13.1. The zero-order valence-corrected chi connectivity index (χ0v) is 17.2. The minimum absolute atomic E-state index is 0.111. The number of urea groups is 1. The molecule has 2 unspecified atom stereocenters. The number of carbonyl (C=O) groups is 1. The number of ether oxygens (including phenoxy) is 2. The Bertz CT molecular complexity index is 1130. The molecule has 0 saturated carbocycles. The first-order chi connectivity index (χ1) is 13.8. The van der Waals surface area contributed by atoms with Crippen molar-refractivity contribution in [2.45, 2.75) is 49.6 Å². The van der Waals surface area contributed by atoms with Crippen LogP contribution in [0, 0.1) is 0 Å². The van der Waals surface area contributed by atoms with Crippen LogP contribution < -0.4 is 15.2 Å². The monoisotopic (exact) mass is 417 g/mol. The number of nitrogens with one attached hydrogen (secondary N) is 1. The number of carbonyl (C=O) groups excluding carboxylic acids is 1. The highest BCUT2D eigenvalue weighted by atomic mass is 32.2. The number of fused-ring (bicyclic) bond motifs is 3. The van der Waals surface area contributed by atoms with Crippen molar-refractivity contribution in [1.82, 2.24) is 9.78 Å². The summed E-state index contributed by atoms with van der Waals surface area (Å²) in [6, 6.07) is 1.50. The molecule has 0 bridgehead atoms. The van der Waals surface area contributed by atoms with E-state index in [9.17, 15) is 9.00 Å². The normalized spacial score (nSPS) is 23.3. The van der Waals surface area contributed by atoms with Gasteiger partial charge in [0.15, 0.2) is 9.92 Å². The Morgan fingerprint density at radius 3 is 2.62 bits per heavy atom. The van der Waals surface area contributed by atoms with E-state index in [2.05, 4.69) is 20.8 Å². The summed E-state index contributed by atoms with van der Waals surface area (Å²) in [5, 5.41) is 13.0. The van der Waals surface area contributed by atoms with Crippen LogP contribution in [0.15, 0.2) is 21.5 Å². The van der Waals surface area contributed by atoms with Crippen molar-refractivity contribution in [2.75, 3.05) is 19.0 Å². The molecule has 3 N–H and O–H groups in total. The van der Waals surface area contributed by atoms with E-state index in [1.54, 1.807) is 7.11 Å². The van der Waals surface area contributed by atoms with Crippen LogP contribution in [0.1, 0.15) is 29.2 Å². The fourth-order valence-electron chi connectivity index (χ4n) is 4.05. The molecule has 0 fully saturated rings. The molecule has 0 saturated heterocycles. The number of anilines is 1. The van der Waals surface area contributed by atoms with Gasteiger partial charge in [0.2, 0.25) is 5.88 Å². The van der Waals surface area contributed by atoms with Crippen LogP contribution in [-0.2, 0) is 46.9 Å². The van der Waals surface area contributed by atoms with E-state index >= 15 is 0 Å². The summed E-state index contributed by atoms with van der Waals surface area (Å²) in [5.41, 5.74) is 5.13. The second kappa shape index (κ2) is 6.28. The molecule has 10 heteroatoms. The third-order valence-electron chi connectivity index (χ3n) is 6.03. The molecule has 5 rings (SSSR count). The highest BCUT2D eigenvalue weighted by molar-refractivity contribution is 7.91. The van der Waals surface area contributed by atoms with Gasteiger partial charge in [0.05, 0.1) is 12.7 Å². The first-order valence-electron chi connectivity index (χ1n) is 9.56. The summed E-state index contributed by atoms with van der Waals surface area (Å²) in [5.74, 6) is 0.261. The molecule has 2 amide bonds. The number of nitrogens with zero attached hydrogens (tertiary/aromatic N) is 3. The Hall–Kier alpha value is -2.43. The SMILES string of the molecule is COC1(C)COc2c(S(N)(=O)=NC(=O)Nc3c4c(cc5c3CC5)CC4)cnn2C1. The second-order valence-electron chi connectivity index (χ2n) is 8.03. The minimum Gasteiger partial charge on any atom is -0.474 e. The van der Waals surface area contributed by atoms with E-state index in [0.29, 0.717) is 6.54 Å². The van der Waals surface area contributed by atoms with Crippen LogP contribution in [0.5, 0.6) is 5.88 Å². The fraction of sp³-hybridized carbons (Fsp3) is 0.474. The summed E-state index contributed by atoms with van der Waals surface area (Å²) in [7, 11) is -1.92. The highest BCUT2D eigenvalue weighted by Crippen LogP contribution is 2.41. The van der Waals surface area contributed by atoms with Crippen LogP contribution >= 0.6 is 0 Å². The van der Waals surface area contributed by atoms with Crippen molar-refractivity contribution < 1.29 is 18.5 Å². The largest absolute Gasteiger partial charge is 0.474 e. The molecule has 0 spiro atoms. The van der Waals surface area contributed by atoms with E-state index in [1.807, 2.05) is 6.92 Å². The quantitative estimate of drug-likeness (QED) is 0.789. The molecule has 154 valence electrons. The molecule has 29 heavy (non-hydrogen) atoms. The minimum atomic E-state index is -3.52. The summed E-state index contributed by atoms with van der Waals surface area (Å²) >= 11 is 0. The molecule has 3 aliphatic rings. The second-order valence-corrected chi connectivity index (χ2v) is 9.79. The van der Waals surface area contributed by atoms with Gasteiger partial charge >= 0.3 is 6.03 Å². The van der Waals surface area contributed by atoms with Gasteiger partial charge in [0.1, 0.15) is 17.1 Å². The molecule has 0 radical (unpaired) electrons. The summed E-state index contributed by atoms with van der Waals surface area (Å²) in [6.45, 7) is 2.56. The molecule has 2 aliphatic carbocycles. The Kier molecular flexibility index (Phi) is 4.03. The average Bonchev–Trinajstić information content (AvgIpc) is 3.02. The van der Waals surface area contributed by atoms with Gasteiger partial charge in [0.25, 0.3) is 0 Å². The van der Waals surface area contributed by atoms with Gasteiger partial charge < -0.3 is 14.8 Å². The molecule has 2 aromatic rings. The smallest absolute Gasteiger partial charge is 0.354 e. The summed E-state index contributed by atoms with van der Waals surface area (Å²) < 4.78 is 29.5.